The van der Waals surface area contributed by atoms with Gasteiger partial charge >= 0.3 is 0 Å². The second-order valence-electron chi connectivity index (χ2n) is 3.58. The van der Waals surface area contributed by atoms with E-state index in [1.54, 1.807) is 12.3 Å². The number of nitrogens with zero attached hydrogens (tertiary/aromatic N) is 2. The Hall–Kier alpha value is -0.800. The molecule has 0 spiro atoms. The van der Waals surface area contributed by atoms with Crippen LogP contribution in [0.2, 0.25) is 0 Å². The van der Waals surface area contributed by atoms with Crippen LogP contribution in [0, 0.1) is 0 Å². The van der Waals surface area contributed by atoms with Gasteiger partial charge in [-0.2, -0.15) is 0 Å². The molecule has 0 bridgehead atoms. The summed E-state index contributed by atoms with van der Waals surface area (Å²) >= 11 is 0. The first-order chi connectivity index (χ1) is 6.83. The normalized spacial score (nSPS) is 20.1. The summed E-state index contributed by atoms with van der Waals surface area (Å²) in [5.74, 6) is 0. The van der Waals surface area contributed by atoms with Crippen molar-refractivity contribution in [2.24, 2.45) is 0 Å². The number of hydrogen-bond donors (Lipinski definition) is 0. The Morgan fingerprint density at radius 1 is 1.29 bits per heavy atom. The Kier molecular flexibility index (Phi) is 5.33. The van der Waals surface area contributed by atoms with Crippen molar-refractivity contribution in [1.29, 1.82) is 0 Å². The second kappa shape index (κ2) is 6.62. The van der Waals surface area contributed by atoms with Gasteiger partial charge in [-0.25, -0.2) is 0 Å². The summed E-state index contributed by atoms with van der Waals surface area (Å²) in [7, 11) is 2.17. The van der Waals surface area contributed by atoms with Crippen molar-refractivity contribution in [3.63, 3.8) is 0 Å². The monoisotopic (exact) mass is 196 g/mol. The van der Waals surface area contributed by atoms with Crippen LogP contribution in [-0.2, 0) is 4.74 Å². The molecular formula is C11H20N2O. The third-order valence-electron chi connectivity index (χ3n) is 2.43. The summed E-state index contributed by atoms with van der Waals surface area (Å²) in [5, 5.41) is 0. The van der Waals surface area contributed by atoms with Crippen molar-refractivity contribution in [2.45, 2.75) is 0 Å². The third kappa shape index (κ3) is 4.44. The van der Waals surface area contributed by atoms with E-state index in [0.29, 0.717) is 0 Å². The molecule has 0 atom stereocenters. The van der Waals surface area contributed by atoms with Gasteiger partial charge in [0.2, 0.25) is 0 Å². The second-order valence-corrected chi connectivity index (χ2v) is 3.58. The van der Waals surface area contributed by atoms with Crippen LogP contribution < -0.4 is 0 Å². The van der Waals surface area contributed by atoms with E-state index >= 15 is 0 Å². The largest absolute Gasteiger partial charge is 0.500 e. The first-order valence-corrected chi connectivity index (χ1v) is 5.13. The molecule has 3 nitrogen and oxygen atoms in total. The molecule has 0 saturated carbocycles. The highest BCUT2D eigenvalue weighted by Crippen LogP contribution is 1.98. The molecule has 0 N–H and O–H groups in total. The van der Waals surface area contributed by atoms with Crippen LogP contribution in [0.3, 0.4) is 0 Å². The van der Waals surface area contributed by atoms with Crippen LogP contribution in [0.5, 0.6) is 0 Å². The van der Waals surface area contributed by atoms with Crippen molar-refractivity contribution in [1.82, 2.24) is 9.80 Å². The lowest BCUT2D eigenvalue weighted by molar-refractivity contribution is 0.121. The highest BCUT2D eigenvalue weighted by atomic mass is 16.5. The SMILES string of the molecule is C=CC=COCCN1CCN(C)CC1. The molecule has 0 unspecified atom stereocenters. The van der Waals surface area contributed by atoms with E-state index in [4.69, 9.17) is 4.74 Å². The molecule has 0 aliphatic carbocycles. The van der Waals surface area contributed by atoms with E-state index < -0.39 is 0 Å². The van der Waals surface area contributed by atoms with Gasteiger partial charge in [0.05, 0.1) is 12.9 Å². The van der Waals surface area contributed by atoms with Gasteiger partial charge in [-0.3, -0.25) is 4.90 Å². The maximum atomic E-state index is 5.30. The van der Waals surface area contributed by atoms with Crippen LogP contribution >= 0.6 is 0 Å². The minimum Gasteiger partial charge on any atom is -0.500 e. The average Bonchev–Trinajstić information content (AvgIpc) is 2.21. The van der Waals surface area contributed by atoms with Gasteiger partial charge in [-0.05, 0) is 13.1 Å². The molecule has 0 radical (unpaired) electrons. The smallest absolute Gasteiger partial charge is 0.1000 e. The molecule has 1 fully saturated rings. The highest BCUT2D eigenvalue weighted by Gasteiger charge is 2.12. The van der Waals surface area contributed by atoms with Crippen LogP contribution in [0.4, 0.5) is 0 Å². The van der Waals surface area contributed by atoms with Crippen molar-refractivity contribution >= 4 is 0 Å². The minimum absolute atomic E-state index is 0.772. The molecule has 1 aliphatic rings. The zero-order chi connectivity index (χ0) is 10.2. The van der Waals surface area contributed by atoms with Crippen LogP contribution in [-0.4, -0.2) is 56.2 Å². The number of likely N-dealkylation sites (N-methyl/N-ethyl adjacent to an activating group) is 1. The summed E-state index contributed by atoms with van der Waals surface area (Å²) in [6, 6.07) is 0. The Balaban J connectivity index is 2.01. The van der Waals surface area contributed by atoms with Crippen molar-refractivity contribution in [2.75, 3.05) is 46.4 Å². The number of ether oxygens (including phenoxy) is 1. The van der Waals surface area contributed by atoms with Crippen molar-refractivity contribution in [3.8, 4) is 0 Å². The molecule has 80 valence electrons. The van der Waals surface area contributed by atoms with Crippen LogP contribution in [0.15, 0.2) is 25.0 Å². The molecule has 0 amide bonds. The maximum Gasteiger partial charge on any atom is 0.1000 e. The van der Waals surface area contributed by atoms with Gasteiger partial charge in [-0.15, -0.1) is 0 Å². The van der Waals surface area contributed by atoms with Gasteiger partial charge < -0.3 is 9.64 Å². The van der Waals surface area contributed by atoms with Gasteiger partial charge in [0.25, 0.3) is 0 Å². The first-order valence-electron chi connectivity index (χ1n) is 5.13. The zero-order valence-electron chi connectivity index (χ0n) is 8.98. The lowest BCUT2D eigenvalue weighted by Gasteiger charge is -2.31. The number of allylic oxidation sites excluding steroid dienone is 2. The van der Waals surface area contributed by atoms with Gasteiger partial charge in [0.1, 0.15) is 0 Å². The molecule has 1 aliphatic heterocycles. The number of rotatable bonds is 5. The molecule has 1 heterocycles. The molecular weight excluding hydrogens is 176 g/mol. The first kappa shape index (κ1) is 11.3. The summed E-state index contributed by atoms with van der Waals surface area (Å²) in [5.41, 5.74) is 0. The van der Waals surface area contributed by atoms with E-state index in [1.807, 2.05) is 6.08 Å². The lowest BCUT2D eigenvalue weighted by atomic mass is 10.3. The fourth-order valence-corrected chi connectivity index (χ4v) is 1.43. The van der Waals surface area contributed by atoms with E-state index in [9.17, 15) is 0 Å². The summed E-state index contributed by atoms with van der Waals surface area (Å²) < 4.78 is 5.30. The fourth-order valence-electron chi connectivity index (χ4n) is 1.43. The van der Waals surface area contributed by atoms with Gasteiger partial charge in [0.15, 0.2) is 0 Å². The molecule has 1 rings (SSSR count). The molecule has 0 aromatic carbocycles. The maximum absolute atomic E-state index is 5.30. The Morgan fingerprint density at radius 3 is 2.64 bits per heavy atom. The van der Waals surface area contributed by atoms with Crippen molar-refractivity contribution in [3.05, 3.63) is 25.0 Å². The topological polar surface area (TPSA) is 15.7 Å². The fraction of sp³-hybridized carbons (Fsp3) is 0.636. The van der Waals surface area contributed by atoms with Crippen molar-refractivity contribution < 1.29 is 4.74 Å². The summed E-state index contributed by atoms with van der Waals surface area (Å²) in [4.78, 5) is 4.79. The van der Waals surface area contributed by atoms with E-state index in [1.165, 1.54) is 13.1 Å². The van der Waals surface area contributed by atoms with Gasteiger partial charge in [0, 0.05) is 32.7 Å². The lowest BCUT2D eigenvalue weighted by Crippen LogP contribution is -2.45. The van der Waals surface area contributed by atoms with E-state index in [0.717, 1.165) is 26.2 Å². The summed E-state index contributed by atoms with van der Waals surface area (Å²) in [6.45, 7) is 10.0. The predicted molar refractivity (Wildman–Crippen MR) is 59.2 cm³/mol. The van der Waals surface area contributed by atoms with Gasteiger partial charge in [-0.1, -0.05) is 12.7 Å². The van der Waals surface area contributed by atoms with Crippen LogP contribution in [0.25, 0.3) is 0 Å². The highest BCUT2D eigenvalue weighted by molar-refractivity contribution is 4.92. The summed E-state index contributed by atoms with van der Waals surface area (Å²) in [6.07, 6.45) is 5.23. The Labute approximate surface area is 86.6 Å². The molecule has 1 saturated heterocycles. The molecule has 3 heteroatoms. The molecule has 0 aromatic rings. The number of piperazine rings is 1. The Bertz CT molecular complexity index is 184. The third-order valence-corrected chi connectivity index (χ3v) is 2.43. The van der Waals surface area contributed by atoms with E-state index in [2.05, 4.69) is 23.4 Å². The average molecular weight is 196 g/mol. The van der Waals surface area contributed by atoms with E-state index in [-0.39, 0.29) is 0 Å². The number of hydrogen-bond acceptors (Lipinski definition) is 3. The van der Waals surface area contributed by atoms with Crippen LogP contribution in [0.1, 0.15) is 0 Å². The Morgan fingerprint density at radius 2 is 2.00 bits per heavy atom. The molecule has 0 aromatic heterocycles. The quantitative estimate of drug-likeness (QED) is 0.370. The zero-order valence-corrected chi connectivity index (χ0v) is 8.98. The standard InChI is InChI=1S/C11H20N2O/c1-3-4-10-14-11-9-13-7-5-12(2)6-8-13/h3-4,10H,1,5-9,11H2,2H3. The minimum atomic E-state index is 0.772. The predicted octanol–water partition coefficient (Wildman–Crippen LogP) is 0.950. The molecule has 14 heavy (non-hydrogen) atoms.